The van der Waals surface area contributed by atoms with Gasteiger partial charge in [0.25, 0.3) is 0 Å². The van der Waals surface area contributed by atoms with E-state index >= 15 is 0 Å². The minimum absolute atomic E-state index is 0.102. The molecule has 1 N–H and O–H groups in total. The van der Waals surface area contributed by atoms with Gasteiger partial charge in [0, 0.05) is 16.8 Å². The molecule has 0 aliphatic heterocycles. The first-order valence-corrected chi connectivity index (χ1v) is 8.55. The van der Waals surface area contributed by atoms with Gasteiger partial charge in [0.15, 0.2) is 5.78 Å². The van der Waals surface area contributed by atoms with E-state index in [2.05, 4.69) is 36.3 Å². The lowest BCUT2D eigenvalue weighted by Gasteiger charge is -2.05. The van der Waals surface area contributed by atoms with Crippen LogP contribution in [0.3, 0.4) is 0 Å². The zero-order valence-electron chi connectivity index (χ0n) is 15.2. The van der Waals surface area contributed by atoms with E-state index in [1.54, 1.807) is 18.2 Å². The number of aryl methyl sites for hydroxylation is 2. The van der Waals surface area contributed by atoms with Crippen molar-refractivity contribution in [2.75, 3.05) is 0 Å². The number of aromatic hydroxyl groups is 1. The van der Waals surface area contributed by atoms with Crippen LogP contribution in [0.1, 0.15) is 38.4 Å². The summed E-state index contributed by atoms with van der Waals surface area (Å²) in [6.45, 7) is 6.73. The molecule has 4 heteroatoms. The summed E-state index contributed by atoms with van der Waals surface area (Å²) in [4.78, 5) is 12.3. The van der Waals surface area contributed by atoms with Gasteiger partial charge < -0.3 is 5.11 Å². The maximum atomic E-state index is 12.3. The molecule has 0 atom stereocenters. The summed E-state index contributed by atoms with van der Waals surface area (Å²) in [5, 5.41) is 13.9. The number of ketones is 1. The third-order valence-electron chi connectivity index (χ3n) is 4.44. The number of phenolic OH excluding ortho intramolecular Hbond substituents is 1. The van der Waals surface area contributed by atoms with Crippen LogP contribution in [0.5, 0.6) is 5.75 Å². The van der Waals surface area contributed by atoms with Crippen molar-refractivity contribution < 1.29 is 9.90 Å². The van der Waals surface area contributed by atoms with Gasteiger partial charge in [-0.2, -0.15) is 5.10 Å². The van der Waals surface area contributed by atoms with Crippen LogP contribution < -0.4 is 0 Å². The molecule has 26 heavy (non-hydrogen) atoms. The van der Waals surface area contributed by atoms with Crippen molar-refractivity contribution in [3.8, 4) is 5.75 Å². The van der Waals surface area contributed by atoms with Crippen LogP contribution in [0.2, 0.25) is 0 Å². The van der Waals surface area contributed by atoms with Crippen molar-refractivity contribution in [3.63, 3.8) is 0 Å². The molecule has 1 heterocycles. The normalized spacial score (nSPS) is 11.2. The Kier molecular flexibility index (Phi) is 5.03. The summed E-state index contributed by atoms with van der Waals surface area (Å²) in [7, 11) is 0. The Bertz CT molecular complexity index is 949. The van der Waals surface area contributed by atoms with Gasteiger partial charge in [-0.25, -0.2) is 0 Å². The zero-order valence-corrected chi connectivity index (χ0v) is 15.2. The summed E-state index contributed by atoms with van der Waals surface area (Å²) in [5.41, 5.74) is 5.85. The Labute approximate surface area is 153 Å². The van der Waals surface area contributed by atoms with Crippen LogP contribution in [-0.2, 0) is 6.54 Å². The first kappa shape index (κ1) is 17.7. The van der Waals surface area contributed by atoms with E-state index < -0.39 is 0 Å². The summed E-state index contributed by atoms with van der Waals surface area (Å²) >= 11 is 0. The number of rotatable bonds is 5. The molecule has 0 saturated heterocycles. The number of nitrogens with zero attached hydrogens (tertiary/aromatic N) is 2. The molecule has 2 aromatic carbocycles. The van der Waals surface area contributed by atoms with Crippen molar-refractivity contribution in [1.82, 2.24) is 9.78 Å². The van der Waals surface area contributed by atoms with Gasteiger partial charge in [0.2, 0.25) is 0 Å². The van der Waals surface area contributed by atoms with Gasteiger partial charge in [0.05, 0.1) is 12.2 Å². The summed E-state index contributed by atoms with van der Waals surface area (Å²) in [6.07, 6.45) is 3.37. The Hall–Kier alpha value is -3.14. The largest absolute Gasteiger partial charge is 0.508 e. The van der Waals surface area contributed by atoms with Crippen molar-refractivity contribution in [1.29, 1.82) is 0 Å². The molecule has 3 rings (SSSR count). The number of hydrogen-bond donors (Lipinski definition) is 1. The second-order valence-electron chi connectivity index (χ2n) is 6.47. The van der Waals surface area contributed by atoms with Crippen molar-refractivity contribution in [2.45, 2.75) is 27.3 Å². The number of hydrogen-bond acceptors (Lipinski definition) is 3. The quantitative estimate of drug-likeness (QED) is 0.548. The van der Waals surface area contributed by atoms with Crippen LogP contribution in [-0.4, -0.2) is 20.7 Å². The predicted octanol–water partition coefficient (Wildman–Crippen LogP) is 4.46. The summed E-state index contributed by atoms with van der Waals surface area (Å²) in [6, 6.07) is 14.7. The molecule has 0 unspecified atom stereocenters. The fourth-order valence-electron chi connectivity index (χ4n) is 2.85. The number of carbonyl (C=O) groups excluding carboxylic acids is 1. The summed E-state index contributed by atoms with van der Waals surface area (Å²) in [5.74, 6) is 0.0460. The Morgan fingerprint density at radius 1 is 1.04 bits per heavy atom. The second-order valence-corrected chi connectivity index (χ2v) is 6.47. The molecule has 0 saturated carbocycles. The summed E-state index contributed by atoms with van der Waals surface area (Å²) < 4.78 is 1.96. The molecule has 0 spiro atoms. The molecule has 0 aliphatic rings. The zero-order chi connectivity index (χ0) is 18.7. The highest BCUT2D eigenvalue weighted by molar-refractivity contribution is 6.06. The van der Waals surface area contributed by atoms with Gasteiger partial charge >= 0.3 is 0 Å². The first-order chi connectivity index (χ1) is 12.4. The van der Waals surface area contributed by atoms with Gasteiger partial charge in [-0.15, -0.1) is 0 Å². The number of carbonyl (C=O) groups is 1. The third-order valence-corrected chi connectivity index (χ3v) is 4.44. The van der Waals surface area contributed by atoms with Crippen molar-refractivity contribution in [2.24, 2.45) is 0 Å². The number of allylic oxidation sites excluding steroid dienone is 1. The third kappa shape index (κ3) is 3.91. The van der Waals surface area contributed by atoms with Crippen molar-refractivity contribution in [3.05, 3.63) is 88.2 Å². The fourth-order valence-corrected chi connectivity index (χ4v) is 2.85. The monoisotopic (exact) mass is 346 g/mol. The average Bonchev–Trinajstić information content (AvgIpc) is 2.89. The Balaban J connectivity index is 1.80. The molecule has 0 bridgehead atoms. The SMILES string of the molecule is Cc1ccc(Cn2nc(C)c(/C=C\C(=O)c3ccc(O)cc3)c2C)cc1. The van der Waals surface area contributed by atoms with Crippen LogP contribution in [0.25, 0.3) is 6.08 Å². The molecule has 0 amide bonds. The standard InChI is InChI=1S/C22H22N2O2/c1-15-4-6-18(7-5-15)14-24-17(3)21(16(2)23-24)12-13-22(26)19-8-10-20(25)11-9-19/h4-13,25H,14H2,1-3H3/b13-12-. The molecule has 0 fully saturated rings. The molecule has 4 nitrogen and oxygen atoms in total. The van der Waals surface area contributed by atoms with E-state index in [0.29, 0.717) is 12.1 Å². The van der Waals surface area contributed by atoms with Crippen LogP contribution in [0.15, 0.2) is 54.6 Å². The maximum absolute atomic E-state index is 12.3. The molecule has 132 valence electrons. The smallest absolute Gasteiger partial charge is 0.185 e. The molecule has 3 aromatic rings. The average molecular weight is 346 g/mol. The van der Waals surface area contributed by atoms with E-state index in [-0.39, 0.29) is 11.5 Å². The van der Waals surface area contributed by atoms with Crippen LogP contribution >= 0.6 is 0 Å². The van der Waals surface area contributed by atoms with E-state index in [0.717, 1.165) is 17.0 Å². The molecular weight excluding hydrogens is 324 g/mol. The van der Waals surface area contributed by atoms with Crippen LogP contribution in [0.4, 0.5) is 0 Å². The second kappa shape index (κ2) is 7.40. The predicted molar refractivity (Wildman–Crippen MR) is 103 cm³/mol. The maximum Gasteiger partial charge on any atom is 0.185 e. The lowest BCUT2D eigenvalue weighted by molar-refractivity contribution is 0.104. The Morgan fingerprint density at radius 2 is 1.69 bits per heavy atom. The van der Waals surface area contributed by atoms with Gasteiger partial charge in [0.1, 0.15) is 5.75 Å². The highest BCUT2D eigenvalue weighted by atomic mass is 16.3. The van der Waals surface area contributed by atoms with E-state index in [9.17, 15) is 9.90 Å². The minimum atomic E-state index is -0.102. The van der Waals surface area contributed by atoms with Crippen molar-refractivity contribution >= 4 is 11.9 Å². The van der Waals surface area contributed by atoms with Gasteiger partial charge in [-0.05, 0) is 62.8 Å². The van der Waals surface area contributed by atoms with Gasteiger partial charge in [-0.3, -0.25) is 9.48 Å². The van der Waals surface area contributed by atoms with E-state index in [4.69, 9.17) is 0 Å². The topological polar surface area (TPSA) is 55.1 Å². The van der Waals surface area contributed by atoms with Gasteiger partial charge in [-0.1, -0.05) is 29.8 Å². The van der Waals surface area contributed by atoms with E-state index in [1.807, 2.05) is 24.6 Å². The Morgan fingerprint density at radius 3 is 2.35 bits per heavy atom. The van der Waals surface area contributed by atoms with Crippen LogP contribution in [0, 0.1) is 20.8 Å². The highest BCUT2D eigenvalue weighted by Gasteiger charge is 2.10. The van der Waals surface area contributed by atoms with E-state index in [1.165, 1.54) is 23.3 Å². The molecule has 0 aliphatic carbocycles. The first-order valence-electron chi connectivity index (χ1n) is 8.55. The molecular formula is C22H22N2O2. The molecule has 1 aromatic heterocycles. The lowest BCUT2D eigenvalue weighted by Crippen LogP contribution is -2.04. The lowest BCUT2D eigenvalue weighted by atomic mass is 10.1. The fraction of sp³-hybridized carbons (Fsp3) is 0.182. The highest BCUT2D eigenvalue weighted by Crippen LogP contribution is 2.18. The molecule has 0 radical (unpaired) electrons. The number of phenols is 1. The minimum Gasteiger partial charge on any atom is -0.508 e. The number of aromatic nitrogens is 2. The number of benzene rings is 2.